The maximum atomic E-state index is 6.47. The maximum absolute atomic E-state index is 6.47. The minimum Gasteiger partial charge on any atom is -0.493 e. The molecule has 0 fully saturated rings. The smallest absolute Gasteiger partial charge is 0.127 e. The third kappa shape index (κ3) is 2.41. The highest BCUT2D eigenvalue weighted by Crippen LogP contribution is 2.40. The monoisotopic (exact) mass is 287 g/mol. The minimum atomic E-state index is -0.122. The Kier molecular flexibility index (Phi) is 3.68. The van der Waals surface area contributed by atoms with Crippen molar-refractivity contribution in [2.24, 2.45) is 5.73 Å². The van der Waals surface area contributed by atoms with Gasteiger partial charge in [-0.15, -0.1) is 0 Å². The van der Waals surface area contributed by atoms with Gasteiger partial charge in [0.2, 0.25) is 0 Å². The van der Waals surface area contributed by atoms with Gasteiger partial charge in [0, 0.05) is 29.0 Å². The fraction of sp³-hybridized carbons (Fsp3) is 0.294. The lowest BCUT2D eigenvalue weighted by atomic mass is 9.88. The fourth-order valence-electron chi connectivity index (χ4n) is 2.78. The molecule has 0 saturated carbocycles. The first-order valence-electron chi connectivity index (χ1n) is 6.92. The summed E-state index contributed by atoms with van der Waals surface area (Å²) in [7, 11) is 0. The molecule has 2 aromatic carbocycles. The first kappa shape index (κ1) is 13.5. The van der Waals surface area contributed by atoms with Crippen molar-refractivity contribution in [3.63, 3.8) is 0 Å². The van der Waals surface area contributed by atoms with Crippen LogP contribution in [0, 0.1) is 0 Å². The van der Waals surface area contributed by atoms with Gasteiger partial charge in [-0.1, -0.05) is 48.9 Å². The van der Waals surface area contributed by atoms with E-state index in [1.54, 1.807) is 0 Å². The molecule has 2 nitrogen and oxygen atoms in total. The van der Waals surface area contributed by atoms with Crippen molar-refractivity contribution >= 4 is 11.6 Å². The molecule has 0 aliphatic carbocycles. The normalized spacial score (nSPS) is 16.4. The average molecular weight is 288 g/mol. The van der Waals surface area contributed by atoms with Crippen LogP contribution in [0.5, 0.6) is 5.75 Å². The summed E-state index contributed by atoms with van der Waals surface area (Å²) < 4.78 is 5.75. The number of fused-ring (bicyclic) bond motifs is 1. The third-order valence-electron chi connectivity index (χ3n) is 4.00. The summed E-state index contributed by atoms with van der Waals surface area (Å²) in [6.07, 6.45) is 0.912. The molecule has 1 aliphatic rings. The minimum absolute atomic E-state index is 0.122. The molecule has 104 valence electrons. The van der Waals surface area contributed by atoms with Crippen LogP contribution in [0.4, 0.5) is 0 Å². The van der Waals surface area contributed by atoms with Crippen LogP contribution in [0.3, 0.4) is 0 Å². The van der Waals surface area contributed by atoms with E-state index in [0.29, 0.717) is 0 Å². The van der Waals surface area contributed by atoms with Gasteiger partial charge in [0.25, 0.3) is 0 Å². The van der Waals surface area contributed by atoms with Gasteiger partial charge in [-0.25, -0.2) is 0 Å². The Bertz CT molecular complexity index is 612. The number of hydrogen-bond acceptors (Lipinski definition) is 2. The largest absolute Gasteiger partial charge is 0.493 e. The van der Waals surface area contributed by atoms with E-state index in [1.807, 2.05) is 30.3 Å². The van der Waals surface area contributed by atoms with Crippen LogP contribution in [-0.4, -0.2) is 6.61 Å². The summed E-state index contributed by atoms with van der Waals surface area (Å²) >= 11 is 6.21. The van der Waals surface area contributed by atoms with Crippen molar-refractivity contribution in [2.45, 2.75) is 25.3 Å². The molecule has 0 radical (unpaired) electrons. The van der Waals surface area contributed by atoms with Crippen LogP contribution < -0.4 is 10.5 Å². The number of ether oxygens (including phenoxy) is 1. The summed E-state index contributed by atoms with van der Waals surface area (Å²) in [6.45, 7) is 2.86. The highest BCUT2D eigenvalue weighted by molar-refractivity contribution is 6.30. The molecule has 3 heteroatoms. The molecule has 20 heavy (non-hydrogen) atoms. The predicted octanol–water partition coefficient (Wildman–Crippen LogP) is 4.08. The van der Waals surface area contributed by atoms with Crippen LogP contribution >= 0.6 is 11.6 Å². The van der Waals surface area contributed by atoms with Crippen molar-refractivity contribution in [3.8, 4) is 5.75 Å². The van der Waals surface area contributed by atoms with Crippen molar-refractivity contribution in [1.29, 1.82) is 0 Å². The number of rotatable bonds is 3. The Labute approximate surface area is 124 Å². The first-order chi connectivity index (χ1) is 9.66. The van der Waals surface area contributed by atoms with E-state index < -0.39 is 0 Å². The molecule has 0 saturated heterocycles. The lowest BCUT2D eigenvalue weighted by Gasteiger charge is -2.23. The van der Waals surface area contributed by atoms with E-state index >= 15 is 0 Å². The summed E-state index contributed by atoms with van der Waals surface area (Å²) in [4.78, 5) is 0. The number of halogens is 1. The number of hydrogen-bond donors (Lipinski definition) is 1. The molecule has 0 amide bonds. The topological polar surface area (TPSA) is 35.2 Å². The molecule has 0 bridgehead atoms. The van der Waals surface area contributed by atoms with E-state index in [9.17, 15) is 0 Å². The highest BCUT2D eigenvalue weighted by Gasteiger charge is 2.25. The maximum Gasteiger partial charge on any atom is 0.127 e. The second kappa shape index (κ2) is 5.47. The van der Waals surface area contributed by atoms with Crippen LogP contribution in [-0.2, 0) is 6.42 Å². The van der Waals surface area contributed by atoms with Gasteiger partial charge < -0.3 is 10.5 Å². The van der Waals surface area contributed by atoms with Gasteiger partial charge in [-0.3, -0.25) is 0 Å². The van der Waals surface area contributed by atoms with Crippen LogP contribution in [0.2, 0.25) is 5.02 Å². The van der Waals surface area contributed by atoms with Gasteiger partial charge in [0.15, 0.2) is 0 Å². The quantitative estimate of drug-likeness (QED) is 0.923. The number of nitrogens with two attached hydrogens (primary N) is 1. The van der Waals surface area contributed by atoms with Crippen molar-refractivity contribution in [2.75, 3.05) is 6.61 Å². The summed E-state index contributed by atoms with van der Waals surface area (Å²) in [5, 5.41) is 0.736. The second-order valence-corrected chi connectivity index (χ2v) is 5.74. The van der Waals surface area contributed by atoms with Crippen molar-refractivity contribution in [3.05, 3.63) is 64.2 Å². The highest BCUT2D eigenvalue weighted by atomic mass is 35.5. The average Bonchev–Trinajstić information content (AvgIpc) is 2.94. The molecule has 1 aliphatic heterocycles. The molecular formula is C17H18ClNO. The van der Waals surface area contributed by atoms with Gasteiger partial charge >= 0.3 is 0 Å². The summed E-state index contributed by atoms with van der Waals surface area (Å²) in [6, 6.07) is 14.1. The lowest BCUT2D eigenvalue weighted by Crippen LogP contribution is -2.18. The Morgan fingerprint density at radius 1 is 1.20 bits per heavy atom. The van der Waals surface area contributed by atoms with E-state index in [0.717, 1.165) is 29.4 Å². The van der Waals surface area contributed by atoms with Crippen molar-refractivity contribution < 1.29 is 4.74 Å². The van der Waals surface area contributed by atoms with E-state index in [-0.39, 0.29) is 12.0 Å². The molecule has 1 heterocycles. The zero-order chi connectivity index (χ0) is 14.1. The fourth-order valence-corrected chi connectivity index (χ4v) is 3.03. The van der Waals surface area contributed by atoms with Crippen LogP contribution in [0.15, 0.2) is 42.5 Å². The second-order valence-electron chi connectivity index (χ2n) is 5.31. The zero-order valence-corrected chi connectivity index (χ0v) is 12.2. The summed E-state index contributed by atoms with van der Waals surface area (Å²) in [5.74, 6) is 1.15. The third-order valence-corrected chi connectivity index (χ3v) is 4.22. The van der Waals surface area contributed by atoms with Crippen LogP contribution in [0.25, 0.3) is 0 Å². The van der Waals surface area contributed by atoms with E-state index in [1.165, 1.54) is 11.1 Å². The molecular weight excluding hydrogens is 270 g/mol. The molecule has 2 atom stereocenters. The molecule has 2 unspecified atom stereocenters. The zero-order valence-electron chi connectivity index (χ0n) is 11.5. The van der Waals surface area contributed by atoms with E-state index in [2.05, 4.69) is 19.1 Å². The van der Waals surface area contributed by atoms with Gasteiger partial charge in [-0.2, -0.15) is 0 Å². The SMILES string of the molecule is CC(c1ccccc1)C(N)c1cc(Cl)cc2c1OCC2. The first-order valence-corrected chi connectivity index (χ1v) is 7.30. The van der Waals surface area contributed by atoms with Crippen LogP contribution in [0.1, 0.15) is 35.6 Å². The molecule has 0 spiro atoms. The molecule has 2 N–H and O–H groups in total. The molecule has 2 aromatic rings. The van der Waals surface area contributed by atoms with Gasteiger partial charge in [0.1, 0.15) is 5.75 Å². The Morgan fingerprint density at radius 3 is 2.70 bits per heavy atom. The Morgan fingerprint density at radius 2 is 1.95 bits per heavy atom. The molecule has 0 aromatic heterocycles. The van der Waals surface area contributed by atoms with Crippen molar-refractivity contribution in [1.82, 2.24) is 0 Å². The van der Waals surface area contributed by atoms with E-state index in [4.69, 9.17) is 22.1 Å². The van der Waals surface area contributed by atoms with Gasteiger partial charge in [0.05, 0.1) is 6.61 Å². The Balaban J connectivity index is 1.97. The number of benzene rings is 2. The molecule has 3 rings (SSSR count). The van der Waals surface area contributed by atoms with Gasteiger partial charge in [-0.05, 0) is 23.3 Å². The Hall–Kier alpha value is -1.51. The standard InChI is InChI=1S/C17H18ClNO/c1-11(12-5-3-2-4-6-12)16(19)15-10-14(18)9-13-7-8-20-17(13)15/h2-6,9-11,16H,7-8,19H2,1H3. The summed E-state index contributed by atoms with van der Waals surface area (Å²) in [5.41, 5.74) is 9.89. The predicted molar refractivity (Wildman–Crippen MR) is 82.4 cm³/mol. The lowest BCUT2D eigenvalue weighted by molar-refractivity contribution is 0.349.